The van der Waals surface area contributed by atoms with Gasteiger partial charge in [0.2, 0.25) is 11.9 Å². The number of anilines is 1. The molecule has 1 heterocycles. The van der Waals surface area contributed by atoms with Crippen molar-refractivity contribution in [1.29, 1.82) is 0 Å². The van der Waals surface area contributed by atoms with Crippen LogP contribution in [0.2, 0.25) is 0 Å². The molecule has 1 aromatic heterocycles. The first-order valence-corrected chi connectivity index (χ1v) is 9.23. The molecule has 3 aromatic rings. The second kappa shape index (κ2) is 8.56. The fourth-order valence-corrected chi connectivity index (χ4v) is 3.03. The molecule has 146 valence electrons. The zero-order valence-corrected chi connectivity index (χ0v) is 16.2. The third-order valence-electron chi connectivity index (χ3n) is 4.51. The Bertz CT molecular complexity index is 963. The summed E-state index contributed by atoms with van der Waals surface area (Å²) in [6.07, 6.45) is 1.27. The van der Waals surface area contributed by atoms with Gasteiger partial charge >= 0.3 is 0 Å². The Morgan fingerprint density at radius 3 is 2.68 bits per heavy atom. The van der Waals surface area contributed by atoms with Gasteiger partial charge in [0, 0.05) is 5.56 Å². The van der Waals surface area contributed by atoms with Gasteiger partial charge in [-0.2, -0.15) is 0 Å². The van der Waals surface area contributed by atoms with Crippen LogP contribution in [-0.2, 0) is 4.79 Å². The summed E-state index contributed by atoms with van der Waals surface area (Å²) in [6, 6.07) is 12.1. The molecule has 1 unspecified atom stereocenters. The van der Waals surface area contributed by atoms with Crippen LogP contribution in [0.4, 0.5) is 5.95 Å². The largest absolute Gasteiger partial charge is 0.497 e. The number of H-pyrrole nitrogens is 1. The maximum absolute atomic E-state index is 12.7. The minimum atomic E-state index is -0.660. The van der Waals surface area contributed by atoms with Gasteiger partial charge in [0.25, 0.3) is 5.91 Å². The van der Waals surface area contributed by atoms with Crippen LogP contribution in [0.15, 0.2) is 42.5 Å². The molecule has 1 atom stereocenters. The average Bonchev–Trinajstić information content (AvgIpc) is 3.09. The van der Waals surface area contributed by atoms with Gasteiger partial charge in [-0.1, -0.05) is 25.5 Å². The zero-order valence-electron chi connectivity index (χ0n) is 16.2. The topological polar surface area (TPSA) is 96.1 Å². The van der Waals surface area contributed by atoms with Gasteiger partial charge in [-0.3, -0.25) is 14.9 Å². The van der Waals surface area contributed by atoms with Gasteiger partial charge < -0.3 is 15.0 Å². The van der Waals surface area contributed by atoms with Crippen LogP contribution in [0, 0.1) is 6.92 Å². The Hall–Kier alpha value is -3.35. The minimum absolute atomic E-state index is 0.293. The number of ether oxygens (including phenoxy) is 1. The first-order valence-electron chi connectivity index (χ1n) is 9.23. The maximum atomic E-state index is 12.7. The molecule has 0 radical (unpaired) electrons. The summed E-state index contributed by atoms with van der Waals surface area (Å²) < 4.78 is 5.17. The molecule has 2 aromatic carbocycles. The summed E-state index contributed by atoms with van der Waals surface area (Å²) in [6.45, 7) is 3.80. The average molecular weight is 380 g/mol. The molecule has 0 saturated carbocycles. The number of aromatic nitrogens is 2. The van der Waals surface area contributed by atoms with E-state index >= 15 is 0 Å². The normalized spacial score (nSPS) is 11.8. The van der Waals surface area contributed by atoms with Crippen LogP contribution in [0.25, 0.3) is 11.0 Å². The van der Waals surface area contributed by atoms with Crippen LogP contribution in [0.1, 0.15) is 35.7 Å². The first-order chi connectivity index (χ1) is 13.5. The van der Waals surface area contributed by atoms with Crippen molar-refractivity contribution in [2.75, 3.05) is 12.4 Å². The van der Waals surface area contributed by atoms with Gasteiger partial charge in [-0.25, -0.2) is 4.98 Å². The van der Waals surface area contributed by atoms with Gasteiger partial charge in [0.05, 0.1) is 18.1 Å². The molecule has 7 nitrogen and oxygen atoms in total. The number of carbonyl (C=O) groups excluding carboxylic acids is 2. The molecule has 0 aliphatic carbocycles. The number of hydrogen-bond acceptors (Lipinski definition) is 4. The van der Waals surface area contributed by atoms with Crippen LogP contribution < -0.4 is 15.4 Å². The van der Waals surface area contributed by atoms with E-state index in [1.54, 1.807) is 25.3 Å². The molecule has 0 fully saturated rings. The predicted octanol–water partition coefficient (Wildman–Crippen LogP) is 3.42. The summed E-state index contributed by atoms with van der Waals surface area (Å²) in [5, 5.41) is 5.60. The number of aryl methyl sites for hydroxylation is 1. The summed E-state index contributed by atoms with van der Waals surface area (Å²) >= 11 is 0. The number of nitrogens with one attached hydrogen (secondary N) is 3. The highest BCUT2D eigenvalue weighted by molar-refractivity contribution is 6.01. The second-order valence-corrected chi connectivity index (χ2v) is 6.59. The van der Waals surface area contributed by atoms with E-state index in [4.69, 9.17) is 4.74 Å². The number of amides is 2. The highest BCUT2D eigenvalue weighted by Gasteiger charge is 2.22. The van der Waals surface area contributed by atoms with Crippen LogP contribution in [0.5, 0.6) is 5.75 Å². The molecular weight excluding hydrogens is 356 g/mol. The highest BCUT2D eigenvalue weighted by atomic mass is 16.5. The predicted molar refractivity (Wildman–Crippen MR) is 109 cm³/mol. The number of benzene rings is 2. The molecule has 3 N–H and O–H groups in total. The number of imidazole rings is 1. The second-order valence-electron chi connectivity index (χ2n) is 6.59. The van der Waals surface area contributed by atoms with Crippen molar-refractivity contribution >= 4 is 28.8 Å². The summed E-state index contributed by atoms with van der Waals surface area (Å²) in [4.78, 5) is 32.8. The summed E-state index contributed by atoms with van der Waals surface area (Å²) in [5.74, 6) is 0.447. The number of hydrogen-bond donors (Lipinski definition) is 3. The monoisotopic (exact) mass is 380 g/mol. The van der Waals surface area contributed by atoms with Gasteiger partial charge in [-0.15, -0.1) is 0 Å². The number of fused-ring (bicyclic) bond motifs is 1. The first kappa shape index (κ1) is 19.4. The van der Waals surface area contributed by atoms with Crippen molar-refractivity contribution in [3.63, 3.8) is 0 Å². The maximum Gasteiger partial charge on any atom is 0.252 e. The highest BCUT2D eigenvalue weighted by Crippen LogP contribution is 2.18. The standard InChI is InChI=1S/C21H24N4O3/c1-4-7-18(22-19(26)15-11-10-14(28-3)12-13(15)2)20(27)25-21-23-16-8-5-6-9-17(16)24-21/h5-6,8-12,18H,4,7H2,1-3H3,(H,22,26)(H2,23,24,25,27). The number of rotatable bonds is 7. The summed E-state index contributed by atoms with van der Waals surface area (Å²) in [7, 11) is 1.58. The van der Waals surface area contributed by atoms with E-state index < -0.39 is 6.04 Å². The lowest BCUT2D eigenvalue weighted by Gasteiger charge is -2.18. The van der Waals surface area contributed by atoms with Crippen molar-refractivity contribution in [3.05, 3.63) is 53.6 Å². The molecule has 7 heteroatoms. The van der Waals surface area contributed by atoms with E-state index in [9.17, 15) is 9.59 Å². The Balaban J connectivity index is 1.73. The fourth-order valence-electron chi connectivity index (χ4n) is 3.03. The third-order valence-corrected chi connectivity index (χ3v) is 4.51. The summed E-state index contributed by atoms with van der Waals surface area (Å²) in [5.41, 5.74) is 2.90. The Morgan fingerprint density at radius 2 is 2.00 bits per heavy atom. The third kappa shape index (κ3) is 4.31. The van der Waals surface area contributed by atoms with E-state index in [0.29, 0.717) is 23.7 Å². The van der Waals surface area contributed by atoms with Gasteiger partial charge in [0.1, 0.15) is 11.8 Å². The molecule has 0 aliphatic heterocycles. The zero-order chi connectivity index (χ0) is 20.1. The van der Waals surface area contributed by atoms with E-state index in [1.807, 2.05) is 38.1 Å². The molecule has 0 spiro atoms. The number of nitrogens with zero attached hydrogens (tertiary/aromatic N) is 1. The molecule has 3 rings (SSSR count). The Labute approximate surface area is 163 Å². The van der Waals surface area contributed by atoms with E-state index in [0.717, 1.165) is 23.0 Å². The van der Waals surface area contributed by atoms with Crippen LogP contribution in [0.3, 0.4) is 0 Å². The molecular formula is C21H24N4O3. The van der Waals surface area contributed by atoms with Crippen LogP contribution in [-0.4, -0.2) is 34.9 Å². The van der Waals surface area contributed by atoms with E-state index in [1.165, 1.54) is 0 Å². The molecule has 0 saturated heterocycles. The van der Waals surface area contributed by atoms with Crippen molar-refractivity contribution in [3.8, 4) is 5.75 Å². The lowest BCUT2D eigenvalue weighted by molar-refractivity contribution is -0.118. The van der Waals surface area contributed by atoms with Crippen molar-refractivity contribution < 1.29 is 14.3 Å². The molecule has 0 aliphatic rings. The number of aromatic amines is 1. The van der Waals surface area contributed by atoms with E-state index in [-0.39, 0.29) is 11.8 Å². The quantitative estimate of drug-likeness (QED) is 0.585. The fraction of sp³-hybridized carbons (Fsp3) is 0.286. The lowest BCUT2D eigenvalue weighted by atomic mass is 10.1. The van der Waals surface area contributed by atoms with Crippen molar-refractivity contribution in [2.45, 2.75) is 32.7 Å². The Kier molecular flexibility index (Phi) is 5.93. The van der Waals surface area contributed by atoms with Gasteiger partial charge in [-0.05, 0) is 49.2 Å². The van der Waals surface area contributed by atoms with Crippen LogP contribution >= 0.6 is 0 Å². The number of para-hydroxylation sites is 2. The molecule has 2 amide bonds. The number of methoxy groups -OCH3 is 1. The lowest BCUT2D eigenvalue weighted by Crippen LogP contribution is -2.44. The SMILES string of the molecule is CCCC(NC(=O)c1ccc(OC)cc1C)C(=O)Nc1nc2ccccc2[nH]1. The van der Waals surface area contributed by atoms with Crippen molar-refractivity contribution in [1.82, 2.24) is 15.3 Å². The number of carbonyl (C=O) groups is 2. The minimum Gasteiger partial charge on any atom is -0.497 e. The Morgan fingerprint density at radius 1 is 1.21 bits per heavy atom. The van der Waals surface area contributed by atoms with Crippen molar-refractivity contribution in [2.24, 2.45) is 0 Å². The molecule has 0 bridgehead atoms. The van der Waals surface area contributed by atoms with E-state index in [2.05, 4.69) is 20.6 Å². The smallest absolute Gasteiger partial charge is 0.252 e. The molecule has 28 heavy (non-hydrogen) atoms. The van der Waals surface area contributed by atoms with Gasteiger partial charge in [0.15, 0.2) is 0 Å².